The second kappa shape index (κ2) is 7.78. The molecule has 1 aliphatic carbocycles. The SMILES string of the molecule is O=C(CNC(=O)c1ccccc1)NCC1CCC(O)CC1. The van der Waals surface area contributed by atoms with Crippen molar-refractivity contribution in [3.05, 3.63) is 35.9 Å². The maximum Gasteiger partial charge on any atom is 0.251 e. The van der Waals surface area contributed by atoms with Crippen molar-refractivity contribution in [3.63, 3.8) is 0 Å². The highest BCUT2D eigenvalue weighted by molar-refractivity contribution is 5.96. The Morgan fingerprint density at radius 2 is 1.71 bits per heavy atom. The molecule has 0 saturated heterocycles. The monoisotopic (exact) mass is 290 g/mol. The topological polar surface area (TPSA) is 78.4 Å². The minimum Gasteiger partial charge on any atom is -0.393 e. The lowest BCUT2D eigenvalue weighted by molar-refractivity contribution is -0.120. The van der Waals surface area contributed by atoms with Crippen molar-refractivity contribution in [1.29, 1.82) is 0 Å². The van der Waals surface area contributed by atoms with Crippen LogP contribution in [0.1, 0.15) is 36.0 Å². The summed E-state index contributed by atoms with van der Waals surface area (Å²) in [4.78, 5) is 23.5. The van der Waals surface area contributed by atoms with Gasteiger partial charge >= 0.3 is 0 Å². The summed E-state index contributed by atoms with van der Waals surface area (Å²) in [7, 11) is 0. The van der Waals surface area contributed by atoms with Crippen LogP contribution in [0.5, 0.6) is 0 Å². The Hall–Kier alpha value is -1.88. The van der Waals surface area contributed by atoms with Crippen molar-refractivity contribution in [2.75, 3.05) is 13.1 Å². The van der Waals surface area contributed by atoms with E-state index in [4.69, 9.17) is 0 Å². The Balaban J connectivity index is 1.65. The minimum atomic E-state index is -0.244. The molecule has 0 aliphatic heterocycles. The largest absolute Gasteiger partial charge is 0.393 e. The Labute approximate surface area is 124 Å². The molecule has 3 N–H and O–H groups in total. The number of hydrogen-bond acceptors (Lipinski definition) is 3. The molecule has 0 bridgehead atoms. The van der Waals surface area contributed by atoms with Crippen LogP contribution in [0.15, 0.2) is 30.3 Å². The van der Waals surface area contributed by atoms with E-state index >= 15 is 0 Å². The molecule has 5 nitrogen and oxygen atoms in total. The lowest BCUT2D eigenvalue weighted by Gasteiger charge is -2.25. The zero-order valence-corrected chi connectivity index (χ0v) is 12.0. The molecular weight excluding hydrogens is 268 g/mol. The summed E-state index contributed by atoms with van der Waals surface area (Å²) in [6.45, 7) is 0.607. The van der Waals surface area contributed by atoms with Gasteiger partial charge in [0.25, 0.3) is 5.91 Å². The van der Waals surface area contributed by atoms with E-state index in [2.05, 4.69) is 10.6 Å². The van der Waals surface area contributed by atoms with Gasteiger partial charge in [-0.15, -0.1) is 0 Å². The Morgan fingerprint density at radius 3 is 2.38 bits per heavy atom. The van der Waals surface area contributed by atoms with Crippen molar-refractivity contribution >= 4 is 11.8 Å². The molecule has 1 fully saturated rings. The maximum atomic E-state index is 11.8. The average molecular weight is 290 g/mol. The number of carbonyl (C=O) groups excluding carboxylic acids is 2. The van der Waals surface area contributed by atoms with Gasteiger partial charge in [-0.05, 0) is 43.7 Å². The van der Waals surface area contributed by atoms with Crippen LogP contribution in [0.4, 0.5) is 0 Å². The summed E-state index contributed by atoms with van der Waals surface area (Å²) in [6, 6.07) is 8.82. The van der Waals surface area contributed by atoms with Crippen LogP contribution in [0.2, 0.25) is 0 Å². The fourth-order valence-corrected chi connectivity index (χ4v) is 2.52. The third kappa shape index (κ3) is 5.19. The molecule has 2 amide bonds. The van der Waals surface area contributed by atoms with Crippen molar-refractivity contribution in [2.45, 2.75) is 31.8 Å². The normalized spacial score (nSPS) is 21.6. The predicted molar refractivity (Wildman–Crippen MR) is 79.7 cm³/mol. The number of aliphatic hydroxyl groups is 1. The first-order valence-corrected chi connectivity index (χ1v) is 7.43. The van der Waals surface area contributed by atoms with Crippen LogP contribution in [0.25, 0.3) is 0 Å². The van der Waals surface area contributed by atoms with E-state index in [-0.39, 0.29) is 24.5 Å². The van der Waals surface area contributed by atoms with Crippen LogP contribution < -0.4 is 10.6 Å². The summed E-state index contributed by atoms with van der Waals surface area (Å²) in [5, 5.41) is 14.9. The highest BCUT2D eigenvalue weighted by atomic mass is 16.3. The molecular formula is C16H22N2O3. The Bertz CT molecular complexity index is 468. The first kappa shape index (κ1) is 15.5. The standard InChI is InChI=1S/C16H22N2O3/c19-14-8-6-12(7-9-14)10-17-15(20)11-18-16(21)13-4-2-1-3-5-13/h1-5,12,14,19H,6-11H2,(H,17,20)(H,18,21). The summed E-state index contributed by atoms with van der Waals surface area (Å²) < 4.78 is 0. The number of nitrogens with one attached hydrogen (secondary N) is 2. The number of amides is 2. The molecule has 0 radical (unpaired) electrons. The Kier molecular flexibility index (Phi) is 5.75. The van der Waals surface area contributed by atoms with E-state index < -0.39 is 0 Å². The van der Waals surface area contributed by atoms with Gasteiger partial charge in [0.15, 0.2) is 0 Å². The van der Waals surface area contributed by atoms with E-state index in [1.54, 1.807) is 24.3 Å². The van der Waals surface area contributed by atoms with Gasteiger partial charge in [0.05, 0.1) is 12.6 Å². The first-order valence-electron chi connectivity index (χ1n) is 7.43. The van der Waals surface area contributed by atoms with Gasteiger partial charge in [0.2, 0.25) is 5.91 Å². The van der Waals surface area contributed by atoms with Crippen molar-refractivity contribution in [3.8, 4) is 0 Å². The molecule has 2 rings (SSSR count). The van der Waals surface area contributed by atoms with Gasteiger partial charge < -0.3 is 15.7 Å². The lowest BCUT2D eigenvalue weighted by atomic mass is 9.87. The van der Waals surface area contributed by atoms with Gasteiger partial charge in [-0.25, -0.2) is 0 Å². The number of benzene rings is 1. The Morgan fingerprint density at radius 1 is 1.05 bits per heavy atom. The van der Waals surface area contributed by atoms with Gasteiger partial charge in [-0.2, -0.15) is 0 Å². The zero-order valence-electron chi connectivity index (χ0n) is 12.0. The molecule has 5 heteroatoms. The van der Waals surface area contributed by atoms with Crippen molar-refractivity contribution < 1.29 is 14.7 Å². The van der Waals surface area contributed by atoms with Gasteiger partial charge in [-0.3, -0.25) is 9.59 Å². The number of carbonyl (C=O) groups is 2. The second-order valence-corrected chi connectivity index (χ2v) is 5.53. The fourth-order valence-electron chi connectivity index (χ4n) is 2.52. The lowest BCUT2D eigenvalue weighted by Crippen LogP contribution is -2.39. The molecule has 1 aromatic rings. The van der Waals surface area contributed by atoms with Crippen molar-refractivity contribution in [2.24, 2.45) is 5.92 Å². The third-order valence-electron chi connectivity index (χ3n) is 3.85. The first-order chi connectivity index (χ1) is 10.1. The summed E-state index contributed by atoms with van der Waals surface area (Å²) in [5.41, 5.74) is 0.548. The fraction of sp³-hybridized carbons (Fsp3) is 0.500. The average Bonchev–Trinajstić information content (AvgIpc) is 2.53. The molecule has 1 saturated carbocycles. The molecule has 21 heavy (non-hydrogen) atoms. The highest BCUT2D eigenvalue weighted by Gasteiger charge is 2.19. The summed E-state index contributed by atoms with van der Waals surface area (Å²) in [6.07, 6.45) is 3.33. The molecule has 0 unspecified atom stereocenters. The van der Waals surface area contributed by atoms with Gasteiger partial charge in [0.1, 0.15) is 0 Å². The number of aliphatic hydroxyl groups excluding tert-OH is 1. The highest BCUT2D eigenvalue weighted by Crippen LogP contribution is 2.23. The van der Waals surface area contributed by atoms with Crippen LogP contribution in [0.3, 0.4) is 0 Å². The molecule has 114 valence electrons. The molecule has 0 spiro atoms. The molecule has 0 aromatic heterocycles. The summed E-state index contributed by atoms with van der Waals surface area (Å²) in [5.74, 6) is 0.0131. The molecule has 0 heterocycles. The van der Waals surface area contributed by atoms with Gasteiger partial charge in [-0.1, -0.05) is 18.2 Å². The minimum absolute atomic E-state index is 0.0108. The third-order valence-corrected chi connectivity index (χ3v) is 3.85. The molecule has 0 atom stereocenters. The van der Waals surface area contributed by atoms with Crippen LogP contribution >= 0.6 is 0 Å². The predicted octanol–water partition coefficient (Wildman–Crippen LogP) is 1.08. The maximum absolute atomic E-state index is 11.8. The molecule has 1 aliphatic rings. The smallest absolute Gasteiger partial charge is 0.251 e. The van der Waals surface area contributed by atoms with E-state index in [1.807, 2.05) is 6.07 Å². The van der Waals surface area contributed by atoms with Crippen LogP contribution in [-0.2, 0) is 4.79 Å². The van der Waals surface area contributed by atoms with E-state index in [0.29, 0.717) is 18.0 Å². The summed E-state index contributed by atoms with van der Waals surface area (Å²) >= 11 is 0. The number of rotatable bonds is 5. The number of hydrogen-bond donors (Lipinski definition) is 3. The van der Waals surface area contributed by atoms with Gasteiger partial charge in [0, 0.05) is 12.1 Å². The van der Waals surface area contributed by atoms with E-state index in [0.717, 1.165) is 25.7 Å². The quantitative estimate of drug-likeness (QED) is 0.759. The van der Waals surface area contributed by atoms with E-state index in [9.17, 15) is 14.7 Å². The van der Waals surface area contributed by atoms with Crippen LogP contribution in [0, 0.1) is 5.92 Å². The van der Waals surface area contributed by atoms with E-state index in [1.165, 1.54) is 0 Å². The molecule has 1 aromatic carbocycles. The van der Waals surface area contributed by atoms with Crippen LogP contribution in [-0.4, -0.2) is 36.1 Å². The second-order valence-electron chi connectivity index (χ2n) is 5.53. The zero-order chi connectivity index (χ0) is 15.1. The van der Waals surface area contributed by atoms with Crippen molar-refractivity contribution in [1.82, 2.24) is 10.6 Å².